The van der Waals surface area contributed by atoms with Crippen molar-refractivity contribution < 1.29 is 9.64 Å². The van der Waals surface area contributed by atoms with Gasteiger partial charge in [0, 0.05) is 18.4 Å². The Hall–Kier alpha value is -2.48. The minimum atomic E-state index is -0.0199. The summed E-state index contributed by atoms with van der Waals surface area (Å²) in [6.45, 7) is 5.07. The molecule has 1 fully saturated rings. The monoisotopic (exact) mass is 413 g/mol. The van der Waals surface area contributed by atoms with E-state index < -0.39 is 0 Å². The number of rotatable bonds is 7. The van der Waals surface area contributed by atoms with E-state index in [1.54, 1.807) is 7.11 Å². The number of nitrogens with one attached hydrogen (secondary N) is 1. The van der Waals surface area contributed by atoms with Crippen LogP contribution in [0.25, 0.3) is 0 Å². The van der Waals surface area contributed by atoms with Gasteiger partial charge in [0.2, 0.25) is 5.82 Å². The second-order valence-electron chi connectivity index (χ2n) is 7.19. The third-order valence-corrected chi connectivity index (χ3v) is 5.82. The van der Waals surface area contributed by atoms with E-state index in [2.05, 4.69) is 56.8 Å². The van der Waals surface area contributed by atoms with E-state index in [1.807, 2.05) is 22.9 Å². The fourth-order valence-corrected chi connectivity index (χ4v) is 4.23. The van der Waals surface area contributed by atoms with Gasteiger partial charge in [-0.15, -0.1) is 5.10 Å². The van der Waals surface area contributed by atoms with Crippen LogP contribution in [0.3, 0.4) is 0 Å². The number of quaternary nitrogens is 1. The average Bonchev–Trinajstić information content (AvgIpc) is 3.23. The van der Waals surface area contributed by atoms with Crippen LogP contribution in [0.1, 0.15) is 17.4 Å². The van der Waals surface area contributed by atoms with Gasteiger partial charge >= 0.3 is 0 Å². The summed E-state index contributed by atoms with van der Waals surface area (Å²) in [5.74, 6) is 0.832. The van der Waals surface area contributed by atoms with Crippen LogP contribution in [0, 0.1) is 0 Å². The highest BCUT2D eigenvalue weighted by molar-refractivity contribution is 6.31. The molecule has 0 saturated carbocycles. The van der Waals surface area contributed by atoms with Crippen LogP contribution < -0.4 is 9.80 Å². The molecule has 8 heteroatoms. The number of tetrazole rings is 1. The molecule has 2 heterocycles. The Balaban J connectivity index is 1.60. The van der Waals surface area contributed by atoms with Gasteiger partial charge in [0.15, 0.2) is 6.04 Å². The highest BCUT2D eigenvalue weighted by Crippen LogP contribution is 2.25. The number of nitrogens with zero attached hydrogens (tertiary/aromatic N) is 5. The van der Waals surface area contributed by atoms with Crippen molar-refractivity contribution in [2.75, 3.05) is 44.8 Å². The molecule has 0 bridgehead atoms. The predicted octanol–water partition coefficient (Wildman–Crippen LogP) is 1.47. The van der Waals surface area contributed by atoms with Crippen LogP contribution in [0.15, 0.2) is 54.6 Å². The third kappa shape index (κ3) is 4.42. The number of aromatic nitrogens is 4. The molecule has 29 heavy (non-hydrogen) atoms. The average molecular weight is 414 g/mol. The van der Waals surface area contributed by atoms with Crippen LogP contribution in [0.2, 0.25) is 5.02 Å². The number of methoxy groups -OCH3 is 1. The molecule has 0 amide bonds. The summed E-state index contributed by atoms with van der Waals surface area (Å²) >= 11 is 6.61. The summed E-state index contributed by atoms with van der Waals surface area (Å²) in [6, 6.07) is 18.5. The van der Waals surface area contributed by atoms with Gasteiger partial charge in [-0.3, -0.25) is 0 Å². The zero-order chi connectivity index (χ0) is 20.1. The zero-order valence-electron chi connectivity index (χ0n) is 16.5. The van der Waals surface area contributed by atoms with Crippen LogP contribution in [-0.4, -0.2) is 60.1 Å². The predicted molar refractivity (Wildman–Crippen MR) is 112 cm³/mol. The largest absolute Gasteiger partial charge is 0.383 e. The first-order valence-corrected chi connectivity index (χ1v) is 10.3. The summed E-state index contributed by atoms with van der Waals surface area (Å²) in [4.78, 5) is 3.85. The Morgan fingerprint density at radius 2 is 1.79 bits per heavy atom. The summed E-state index contributed by atoms with van der Waals surface area (Å²) in [5, 5.41) is 13.3. The molecule has 0 aliphatic carbocycles. The van der Waals surface area contributed by atoms with Crippen molar-refractivity contribution in [2.45, 2.75) is 12.6 Å². The Labute approximate surface area is 175 Å². The van der Waals surface area contributed by atoms with Crippen molar-refractivity contribution in [3.8, 4) is 0 Å². The quantitative estimate of drug-likeness (QED) is 0.635. The first-order chi connectivity index (χ1) is 14.3. The molecule has 1 aliphatic rings. The van der Waals surface area contributed by atoms with Gasteiger partial charge in [-0.1, -0.05) is 48.0 Å². The molecule has 4 rings (SSSR count). The number of hydrogen-bond acceptors (Lipinski definition) is 5. The molecular weight excluding hydrogens is 388 g/mol. The SMILES string of the molecule is COCCn1nnnc1[C@@H](c1ccccc1Cl)[NH+]1CCN(c2ccccc2)CC1. The Bertz CT molecular complexity index is 910. The maximum atomic E-state index is 6.61. The van der Waals surface area contributed by atoms with Gasteiger partial charge in [-0.05, 0) is 28.6 Å². The molecule has 7 nitrogen and oxygen atoms in total. The van der Waals surface area contributed by atoms with Crippen molar-refractivity contribution in [3.63, 3.8) is 0 Å². The van der Waals surface area contributed by atoms with Gasteiger partial charge in [0.1, 0.15) is 0 Å². The summed E-state index contributed by atoms with van der Waals surface area (Å²) in [6.07, 6.45) is 0. The van der Waals surface area contributed by atoms with Crippen molar-refractivity contribution in [1.29, 1.82) is 0 Å². The Morgan fingerprint density at radius 1 is 1.07 bits per heavy atom. The summed E-state index contributed by atoms with van der Waals surface area (Å²) in [7, 11) is 1.68. The van der Waals surface area contributed by atoms with E-state index in [0.717, 1.165) is 42.6 Å². The van der Waals surface area contributed by atoms with E-state index in [4.69, 9.17) is 16.3 Å². The second-order valence-corrected chi connectivity index (χ2v) is 7.60. The van der Waals surface area contributed by atoms with Crippen LogP contribution >= 0.6 is 11.6 Å². The van der Waals surface area contributed by atoms with E-state index in [0.29, 0.717) is 13.2 Å². The standard InChI is InChI=1S/C21H25ClN6O/c1-29-16-15-28-21(23-24-25-28)20(18-9-5-6-10-19(18)22)27-13-11-26(12-14-27)17-7-3-2-4-8-17/h2-10,20H,11-16H2,1H3/p+1/t20-/m1/s1. The highest BCUT2D eigenvalue weighted by atomic mass is 35.5. The van der Waals surface area contributed by atoms with Crippen molar-refractivity contribution in [3.05, 3.63) is 71.0 Å². The lowest BCUT2D eigenvalue weighted by Gasteiger charge is -2.37. The number of piperazine rings is 1. The summed E-state index contributed by atoms with van der Waals surface area (Å²) in [5.41, 5.74) is 2.33. The molecular formula is C21H26ClN6O+. The lowest BCUT2D eigenvalue weighted by Crippen LogP contribution is -3.15. The van der Waals surface area contributed by atoms with E-state index in [1.165, 1.54) is 10.6 Å². The molecule has 1 aromatic heterocycles. The highest BCUT2D eigenvalue weighted by Gasteiger charge is 2.35. The molecule has 152 valence electrons. The van der Waals surface area contributed by atoms with Crippen molar-refractivity contribution >= 4 is 17.3 Å². The third-order valence-electron chi connectivity index (χ3n) is 5.48. The number of hydrogen-bond donors (Lipinski definition) is 1. The molecule has 1 saturated heterocycles. The molecule has 2 aromatic carbocycles. The lowest BCUT2D eigenvalue weighted by molar-refractivity contribution is -0.927. The topological polar surface area (TPSA) is 60.5 Å². The second kappa shape index (κ2) is 9.35. The maximum absolute atomic E-state index is 6.61. The first kappa shape index (κ1) is 19.8. The molecule has 1 atom stereocenters. The van der Waals surface area contributed by atoms with Crippen molar-refractivity contribution in [2.24, 2.45) is 0 Å². The Kier molecular flexibility index (Phi) is 6.39. The number of para-hydroxylation sites is 1. The molecule has 0 radical (unpaired) electrons. The maximum Gasteiger partial charge on any atom is 0.214 e. The lowest BCUT2D eigenvalue weighted by atomic mass is 10.0. The van der Waals surface area contributed by atoms with Crippen molar-refractivity contribution in [1.82, 2.24) is 20.2 Å². The first-order valence-electron chi connectivity index (χ1n) is 9.92. The number of ether oxygens (including phenoxy) is 1. The van der Waals surface area contributed by atoms with E-state index in [-0.39, 0.29) is 6.04 Å². The van der Waals surface area contributed by atoms with Gasteiger partial charge in [-0.2, -0.15) is 0 Å². The van der Waals surface area contributed by atoms with E-state index >= 15 is 0 Å². The van der Waals surface area contributed by atoms with Crippen LogP contribution in [0.5, 0.6) is 0 Å². The number of benzene rings is 2. The van der Waals surface area contributed by atoms with Crippen LogP contribution in [0.4, 0.5) is 5.69 Å². The molecule has 0 unspecified atom stereocenters. The fraction of sp³-hybridized carbons (Fsp3) is 0.381. The molecule has 0 spiro atoms. The fourth-order valence-electron chi connectivity index (χ4n) is 3.99. The molecule has 1 aliphatic heterocycles. The molecule has 3 aromatic rings. The van der Waals surface area contributed by atoms with Gasteiger partial charge in [0.25, 0.3) is 0 Å². The number of anilines is 1. The minimum absolute atomic E-state index is 0.0199. The minimum Gasteiger partial charge on any atom is -0.383 e. The van der Waals surface area contributed by atoms with Gasteiger partial charge in [-0.25, -0.2) is 4.68 Å². The number of halogens is 1. The van der Waals surface area contributed by atoms with E-state index in [9.17, 15) is 0 Å². The Morgan fingerprint density at radius 3 is 2.52 bits per heavy atom. The normalized spacial score (nSPS) is 16.1. The van der Waals surface area contributed by atoms with Crippen LogP contribution in [-0.2, 0) is 11.3 Å². The smallest absolute Gasteiger partial charge is 0.214 e. The summed E-state index contributed by atoms with van der Waals surface area (Å²) < 4.78 is 7.07. The molecule has 1 N–H and O–H groups in total. The van der Waals surface area contributed by atoms with Gasteiger partial charge in [0.05, 0.1) is 44.4 Å². The zero-order valence-corrected chi connectivity index (χ0v) is 17.3. The van der Waals surface area contributed by atoms with Gasteiger partial charge < -0.3 is 14.5 Å².